The molecule has 0 heterocycles. The van der Waals surface area contributed by atoms with Crippen LogP contribution in [0.1, 0.15) is 36.6 Å². The lowest BCUT2D eigenvalue weighted by molar-refractivity contribution is -0.385. The largest absolute Gasteiger partial charge is 0.491 e. The van der Waals surface area contributed by atoms with Gasteiger partial charge in [-0.25, -0.2) is 0 Å². The molecule has 0 bridgehead atoms. The van der Waals surface area contributed by atoms with Crippen LogP contribution in [0.5, 0.6) is 5.75 Å². The van der Waals surface area contributed by atoms with Gasteiger partial charge in [0.05, 0.1) is 17.1 Å². The number of hydrogen-bond donors (Lipinski definition) is 2. The van der Waals surface area contributed by atoms with Gasteiger partial charge in [0.2, 0.25) is 0 Å². The summed E-state index contributed by atoms with van der Waals surface area (Å²) in [6.45, 7) is 6.44. The van der Waals surface area contributed by atoms with E-state index in [9.17, 15) is 15.2 Å². The molecule has 0 amide bonds. The number of rotatable bonds is 8. The van der Waals surface area contributed by atoms with Gasteiger partial charge in [-0.05, 0) is 44.0 Å². The highest BCUT2D eigenvalue weighted by atomic mass is 16.6. The van der Waals surface area contributed by atoms with Gasteiger partial charge < -0.3 is 15.2 Å². The van der Waals surface area contributed by atoms with Gasteiger partial charge in [0.15, 0.2) is 0 Å². The van der Waals surface area contributed by atoms with Crippen LogP contribution in [0.2, 0.25) is 0 Å². The Morgan fingerprint density at radius 2 is 1.88 bits per heavy atom. The van der Waals surface area contributed by atoms with Crippen LogP contribution in [0.3, 0.4) is 0 Å². The van der Waals surface area contributed by atoms with Crippen LogP contribution >= 0.6 is 0 Å². The van der Waals surface area contributed by atoms with Crippen LogP contribution in [-0.4, -0.2) is 22.7 Å². The maximum Gasteiger partial charge on any atom is 0.272 e. The molecule has 1 unspecified atom stereocenters. The summed E-state index contributed by atoms with van der Waals surface area (Å²) in [6.07, 6.45) is -0.551. The van der Waals surface area contributed by atoms with Gasteiger partial charge in [-0.2, -0.15) is 0 Å². The third kappa shape index (κ3) is 5.55. The summed E-state index contributed by atoms with van der Waals surface area (Å²) in [5, 5.41) is 24.3. The Morgan fingerprint density at radius 1 is 1.20 bits per heavy atom. The molecule has 0 spiro atoms. The molecule has 0 fully saturated rings. The molecule has 2 aromatic rings. The first-order valence-corrected chi connectivity index (χ1v) is 8.26. The molecule has 2 rings (SSSR count). The summed E-state index contributed by atoms with van der Waals surface area (Å²) < 4.78 is 5.58. The standard InChI is InChI=1S/C19H24N2O4/c1-13(2)25-17-8-6-16(7-9-17)19(22)12-20-11-15-5-4-14(3)18(10-15)21(23)24/h4-10,13,19-20,22H,11-12H2,1-3H3. The van der Waals surface area contributed by atoms with Crippen LogP contribution in [0.15, 0.2) is 42.5 Å². The molecule has 0 aliphatic heterocycles. The number of nitro benzene ring substituents is 1. The third-order valence-corrected chi connectivity index (χ3v) is 3.77. The SMILES string of the molecule is Cc1ccc(CNCC(O)c2ccc(OC(C)C)cc2)cc1[N+](=O)[O-]. The first-order valence-electron chi connectivity index (χ1n) is 8.26. The summed E-state index contributed by atoms with van der Waals surface area (Å²) in [7, 11) is 0. The Bertz CT molecular complexity index is 714. The molecule has 0 radical (unpaired) electrons. The van der Waals surface area contributed by atoms with Gasteiger partial charge in [0, 0.05) is 24.7 Å². The summed E-state index contributed by atoms with van der Waals surface area (Å²) in [5.74, 6) is 0.769. The van der Waals surface area contributed by atoms with Gasteiger partial charge >= 0.3 is 0 Å². The normalized spacial score (nSPS) is 12.2. The van der Waals surface area contributed by atoms with E-state index in [1.165, 1.54) is 0 Å². The molecular weight excluding hydrogens is 320 g/mol. The zero-order valence-corrected chi connectivity index (χ0v) is 14.7. The van der Waals surface area contributed by atoms with E-state index in [0.717, 1.165) is 16.9 Å². The van der Waals surface area contributed by atoms with Crippen molar-refractivity contribution in [3.63, 3.8) is 0 Å². The van der Waals surface area contributed by atoms with Crippen LogP contribution in [0, 0.1) is 17.0 Å². The highest BCUT2D eigenvalue weighted by Crippen LogP contribution is 2.20. The Hall–Kier alpha value is -2.44. The Balaban J connectivity index is 1.89. The van der Waals surface area contributed by atoms with E-state index in [1.807, 2.05) is 44.2 Å². The van der Waals surface area contributed by atoms with Crippen molar-refractivity contribution in [2.75, 3.05) is 6.54 Å². The summed E-state index contributed by atoms with van der Waals surface area (Å²) in [6, 6.07) is 12.5. The number of aryl methyl sites for hydroxylation is 1. The van der Waals surface area contributed by atoms with Crippen LogP contribution in [0.25, 0.3) is 0 Å². The van der Waals surface area contributed by atoms with Crippen molar-refractivity contribution < 1.29 is 14.8 Å². The highest BCUT2D eigenvalue weighted by molar-refractivity contribution is 5.42. The Kier molecular flexibility index (Phi) is 6.50. The molecule has 2 N–H and O–H groups in total. The smallest absolute Gasteiger partial charge is 0.272 e. The topological polar surface area (TPSA) is 84.6 Å². The first-order chi connectivity index (χ1) is 11.9. The number of nitrogens with zero attached hydrogens (tertiary/aromatic N) is 1. The Morgan fingerprint density at radius 3 is 2.48 bits per heavy atom. The highest BCUT2D eigenvalue weighted by Gasteiger charge is 2.12. The van der Waals surface area contributed by atoms with E-state index in [2.05, 4.69) is 5.32 Å². The predicted octanol–water partition coefficient (Wildman–Crippen LogP) is 3.51. The minimum absolute atomic E-state index is 0.107. The summed E-state index contributed by atoms with van der Waals surface area (Å²) in [4.78, 5) is 10.6. The number of nitro groups is 1. The van der Waals surface area contributed by atoms with Crippen molar-refractivity contribution in [3.05, 3.63) is 69.3 Å². The molecule has 1 atom stereocenters. The zero-order valence-electron chi connectivity index (χ0n) is 14.7. The van der Waals surface area contributed by atoms with Crippen LogP contribution in [0.4, 0.5) is 5.69 Å². The number of ether oxygens (including phenoxy) is 1. The van der Waals surface area contributed by atoms with Crippen molar-refractivity contribution in [1.29, 1.82) is 0 Å². The van der Waals surface area contributed by atoms with Crippen molar-refractivity contribution in [3.8, 4) is 5.75 Å². The minimum Gasteiger partial charge on any atom is -0.491 e. The minimum atomic E-state index is -0.659. The second kappa shape index (κ2) is 8.60. The van der Waals surface area contributed by atoms with Gasteiger partial charge in [-0.3, -0.25) is 10.1 Å². The van der Waals surface area contributed by atoms with Crippen LogP contribution in [-0.2, 0) is 6.54 Å². The lowest BCUT2D eigenvalue weighted by Gasteiger charge is -2.14. The fourth-order valence-corrected chi connectivity index (χ4v) is 2.47. The molecule has 0 aromatic heterocycles. The Labute approximate surface area is 147 Å². The summed E-state index contributed by atoms with van der Waals surface area (Å²) >= 11 is 0. The quantitative estimate of drug-likeness (QED) is 0.565. The zero-order chi connectivity index (χ0) is 18.4. The van der Waals surface area contributed by atoms with E-state index in [1.54, 1.807) is 19.1 Å². The molecule has 0 saturated heterocycles. The molecule has 25 heavy (non-hydrogen) atoms. The first kappa shape index (κ1) is 18.9. The second-order valence-electron chi connectivity index (χ2n) is 6.26. The number of nitrogens with one attached hydrogen (secondary N) is 1. The maximum atomic E-state index is 11.0. The van der Waals surface area contributed by atoms with Crippen molar-refractivity contribution >= 4 is 5.69 Å². The molecule has 0 saturated carbocycles. The van der Waals surface area contributed by atoms with Crippen molar-refractivity contribution in [2.45, 2.75) is 39.5 Å². The number of aliphatic hydroxyl groups excluding tert-OH is 1. The molecule has 0 aliphatic rings. The van der Waals surface area contributed by atoms with E-state index in [4.69, 9.17) is 4.74 Å². The molecule has 6 nitrogen and oxygen atoms in total. The second-order valence-corrected chi connectivity index (χ2v) is 6.26. The van der Waals surface area contributed by atoms with Gasteiger partial charge in [-0.15, -0.1) is 0 Å². The number of aliphatic hydroxyl groups is 1. The van der Waals surface area contributed by atoms with E-state index < -0.39 is 6.10 Å². The maximum absolute atomic E-state index is 11.0. The third-order valence-electron chi connectivity index (χ3n) is 3.77. The molecule has 0 aliphatic carbocycles. The monoisotopic (exact) mass is 344 g/mol. The average Bonchev–Trinajstić information content (AvgIpc) is 2.56. The van der Waals surface area contributed by atoms with Gasteiger partial charge in [0.25, 0.3) is 5.69 Å². The molecular formula is C19H24N2O4. The van der Waals surface area contributed by atoms with Gasteiger partial charge in [0.1, 0.15) is 5.75 Å². The van der Waals surface area contributed by atoms with E-state index in [0.29, 0.717) is 18.7 Å². The fourth-order valence-electron chi connectivity index (χ4n) is 2.47. The molecule has 134 valence electrons. The van der Waals surface area contributed by atoms with E-state index >= 15 is 0 Å². The number of benzene rings is 2. The number of hydrogen-bond acceptors (Lipinski definition) is 5. The van der Waals surface area contributed by atoms with Crippen molar-refractivity contribution in [1.82, 2.24) is 5.32 Å². The molecule has 2 aromatic carbocycles. The summed E-state index contributed by atoms with van der Waals surface area (Å²) in [5.41, 5.74) is 2.35. The van der Waals surface area contributed by atoms with E-state index in [-0.39, 0.29) is 16.7 Å². The lowest BCUT2D eigenvalue weighted by atomic mass is 10.1. The van der Waals surface area contributed by atoms with Crippen molar-refractivity contribution in [2.24, 2.45) is 0 Å². The average molecular weight is 344 g/mol. The predicted molar refractivity (Wildman–Crippen MR) is 96.7 cm³/mol. The van der Waals surface area contributed by atoms with Gasteiger partial charge in [-0.1, -0.05) is 24.3 Å². The lowest BCUT2D eigenvalue weighted by Crippen LogP contribution is -2.21. The molecule has 6 heteroatoms. The fraction of sp³-hybridized carbons (Fsp3) is 0.368. The van der Waals surface area contributed by atoms with Crippen LogP contribution < -0.4 is 10.1 Å².